The molecule has 3 rings (SSSR count). The van der Waals surface area contributed by atoms with E-state index in [0.717, 1.165) is 22.6 Å². The Hall–Kier alpha value is -2.00. The molecule has 1 unspecified atom stereocenters. The van der Waals surface area contributed by atoms with Gasteiger partial charge in [0.2, 0.25) is 5.91 Å². The number of amides is 1. The van der Waals surface area contributed by atoms with Crippen molar-refractivity contribution in [2.45, 2.75) is 19.3 Å². The van der Waals surface area contributed by atoms with Gasteiger partial charge < -0.3 is 10.1 Å². The molecule has 2 aromatic carbocycles. The number of rotatable bonds is 2. The second kappa shape index (κ2) is 5.78. The third kappa shape index (κ3) is 2.88. The van der Waals surface area contributed by atoms with E-state index in [0.29, 0.717) is 18.1 Å². The van der Waals surface area contributed by atoms with E-state index in [4.69, 9.17) is 16.3 Å². The van der Waals surface area contributed by atoms with Crippen LogP contribution in [0.2, 0.25) is 5.02 Å². The number of carbonyl (C=O) groups excluding carboxylic acids is 1. The maximum atomic E-state index is 12.6. The summed E-state index contributed by atoms with van der Waals surface area (Å²) in [6, 6.07) is 13.2. The van der Waals surface area contributed by atoms with Gasteiger partial charge in [-0.2, -0.15) is 0 Å². The molecule has 1 atom stereocenters. The third-order valence-electron chi connectivity index (χ3n) is 3.72. The summed E-state index contributed by atoms with van der Waals surface area (Å²) in [6.07, 6.45) is 0.690. The normalized spacial score (nSPS) is 16.8. The average molecular weight is 302 g/mol. The van der Waals surface area contributed by atoms with Crippen molar-refractivity contribution in [3.63, 3.8) is 0 Å². The molecule has 0 aliphatic carbocycles. The summed E-state index contributed by atoms with van der Waals surface area (Å²) >= 11 is 5.94. The van der Waals surface area contributed by atoms with E-state index in [1.807, 2.05) is 43.3 Å². The van der Waals surface area contributed by atoms with Crippen molar-refractivity contribution in [1.82, 2.24) is 0 Å². The number of carbonyl (C=O) groups is 1. The first-order valence-electron chi connectivity index (χ1n) is 6.94. The fourth-order valence-corrected chi connectivity index (χ4v) is 2.83. The van der Waals surface area contributed by atoms with Crippen LogP contribution in [-0.4, -0.2) is 12.5 Å². The van der Waals surface area contributed by atoms with Crippen molar-refractivity contribution in [2.75, 3.05) is 11.9 Å². The molecule has 108 valence electrons. The van der Waals surface area contributed by atoms with Gasteiger partial charge in [0, 0.05) is 16.3 Å². The van der Waals surface area contributed by atoms with E-state index in [9.17, 15) is 4.79 Å². The Bertz CT molecular complexity index is 684. The van der Waals surface area contributed by atoms with Gasteiger partial charge in [-0.25, -0.2) is 0 Å². The van der Waals surface area contributed by atoms with E-state index in [-0.39, 0.29) is 11.8 Å². The Morgan fingerprint density at radius 1 is 1.29 bits per heavy atom. The molecular formula is C17H16ClNO2. The van der Waals surface area contributed by atoms with Crippen LogP contribution in [0.4, 0.5) is 5.69 Å². The van der Waals surface area contributed by atoms with Crippen LogP contribution in [-0.2, 0) is 4.79 Å². The summed E-state index contributed by atoms with van der Waals surface area (Å²) in [6.45, 7) is 2.49. The first kappa shape index (κ1) is 14.0. The van der Waals surface area contributed by atoms with Crippen LogP contribution in [0.5, 0.6) is 5.75 Å². The average Bonchev–Trinajstić information content (AvgIpc) is 2.49. The van der Waals surface area contributed by atoms with Crippen LogP contribution in [0.3, 0.4) is 0 Å². The van der Waals surface area contributed by atoms with Gasteiger partial charge in [0.15, 0.2) is 0 Å². The maximum absolute atomic E-state index is 12.6. The smallest absolute Gasteiger partial charge is 0.232 e. The van der Waals surface area contributed by atoms with Gasteiger partial charge in [0.25, 0.3) is 0 Å². The molecule has 1 N–H and O–H groups in total. The van der Waals surface area contributed by atoms with Gasteiger partial charge in [-0.3, -0.25) is 4.79 Å². The maximum Gasteiger partial charge on any atom is 0.232 e. The zero-order chi connectivity index (χ0) is 14.8. The number of hydrogen-bond acceptors (Lipinski definition) is 2. The van der Waals surface area contributed by atoms with E-state index in [1.54, 1.807) is 6.07 Å². The number of hydrogen-bond donors (Lipinski definition) is 1. The molecule has 21 heavy (non-hydrogen) atoms. The molecule has 3 nitrogen and oxygen atoms in total. The summed E-state index contributed by atoms with van der Waals surface area (Å²) in [4.78, 5) is 12.6. The molecule has 1 aliphatic rings. The van der Waals surface area contributed by atoms with Crippen molar-refractivity contribution in [3.8, 4) is 5.75 Å². The molecule has 4 heteroatoms. The molecule has 0 saturated carbocycles. The van der Waals surface area contributed by atoms with Gasteiger partial charge in [-0.1, -0.05) is 29.8 Å². The molecule has 0 aromatic heterocycles. The Balaban J connectivity index is 1.83. The molecule has 1 amide bonds. The lowest BCUT2D eigenvalue weighted by atomic mass is 9.92. The van der Waals surface area contributed by atoms with E-state index in [1.165, 1.54) is 0 Å². The lowest BCUT2D eigenvalue weighted by Gasteiger charge is -2.25. The lowest BCUT2D eigenvalue weighted by molar-refractivity contribution is -0.118. The minimum atomic E-state index is -0.176. The standard InChI is InChI=1S/C17H16ClNO2/c1-11-10-12(18)6-7-15(11)19-17(20)14-8-9-21-16-5-3-2-4-13(14)16/h2-7,10,14H,8-9H2,1H3,(H,19,20). The van der Waals surface area contributed by atoms with Crippen molar-refractivity contribution in [2.24, 2.45) is 0 Å². The first-order valence-corrected chi connectivity index (χ1v) is 7.31. The fourth-order valence-electron chi connectivity index (χ4n) is 2.60. The number of benzene rings is 2. The summed E-state index contributed by atoms with van der Waals surface area (Å²) in [5, 5.41) is 3.66. The van der Waals surface area contributed by atoms with Crippen LogP contribution in [0.1, 0.15) is 23.5 Å². The zero-order valence-electron chi connectivity index (χ0n) is 11.7. The number of nitrogens with one attached hydrogen (secondary N) is 1. The van der Waals surface area contributed by atoms with Gasteiger partial charge in [-0.05, 0) is 43.2 Å². The highest BCUT2D eigenvalue weighted by Crippen LogP contribution is 2.34. The predicted octanol–water partition coefficient (Wildman–Crippen LogP) is 4.15. The molecule has 2 aromatic rings. The van der Waals surface area contributed by atoms with Gasteiger partial charge >= 0.3 is 0 Å². The summed E-state index contributed by atoms with van der Waals surface area (Å²) in [5.41, 5.74) is 2.71. The number of aryl methyl sites for hydroxylation is 1. The van der Waals surface area contributed by atoms with Crippen molar-refractivity contribution >= 4 is 23.2 Å². The number of halogens is 1. The number of anilines is 1. The van der Waals surface area contributed by atoms with Crippen molar-refractivity contribution < 1.29 is 9.53 Å². The van der Waals surface area contributed by atoms with Crippen LogP contribution in [0.25, 0.3) is 0 Å². The molecule has 0 radical (unpaired) electrons. The number of ether oxygens (including phenoxy) is 1. The molecular weight excluding hydrogens is 286 g/mol. The molecule has 1 aliphatic heterocycles. The Morgan fingerprint density at radius 3 is 2.90 bits per heavy atom. The highest BCUT2D eigenvalue weighted by atomic mass is 35.5. The summed E-state index contributed by atoms with van der Waals surface area (Å²) < 4.78 is 5.60. The predicted molar refractivity (Wildman–Crippen MR) is 84.1 cm³/mol. The fraction of sp³-hybridized carbons (Fsp3) is 0.235. The monoisotopic (exact) mass is 301 g/mol. The van der Waals surface area contributed by atoms with Crippen LogP contribution in [0.15, 0.2) is 42.5 Å². The van der Waals surface area contributed by atoms with E-state index in [2.05, 4.69) is 5.32 Å². The quantitative estimate of drug-likeness (QED) is 0.905. The highest BCUT2D eigenvalue weighted by molar-refractivity contribution is 6.30. The zero-order valence-corrected chi connectivity index (χ0v) is 12.5. The Labute approximate surface area is 128 Å². The van der Waals surface area contributed by atoms with Crippen LogP contribution in [0, 0.1) is 6.92 Å². The van der Waals surface area contributed by atoms with E-state index >= 15 is 0 Å². The van der Waals surface area contributed by atoms with Gasteiger partial charge in [0.05, 0.1) is 12.5 Å². The third-order valence-corrected chi connectivity index (χ3v) is 3.96. The minimum Gasteiger partial charge on any atom is -0.493 e. The second-order valence-corrected chi connectivity index (χ2v) is 5.61. The van der Waals surface area contributed by atoms with Crippen molar-refractivity contribution in [3.05, 3.63) is 58.6 Å². The van der Waals surface area contributed by atoms with E-state index < -0.39 is 0 Å². The van der Waals surface area contributed by atoms with Crippen molar-refractivity contribution in [1.29, 1.82) is 0 Å². The SMILES string of the molecule is Cc1cc(Cl)ccc1NC(=O)C1CCOc2ccccc21. The van der Waals surface area contributed by atoms with Crippen LogP contribution >= 0.6 is 11.6 Å². The number of fused-ring (bicyclic) bond motifs is 1. The largest absolute Gasteiger partial charge is 0.493 e. The second-order valence-electron chi connectivity index (χ2n) is 5.18. The Morgan fingerprint density at radius 2 is 2.10 bits per heavy atom. The first-order chi connectivity index (χ1) is 10.1. The molecule has 0 spiro atoms. The molecule has 0 bridgehead atoms. The van der Waals surface area contributed by atoms with Gasteiger partial charge in [-0.15, -0.1) is 0 Å². The molecule has 0 saturated heterocycles. The Kier molecular flexibility index (Phi) is 3.84. The topological polar surface area (TPSA) is 38.3 Å². The lowest BCUT2D eigenvalue weighted by Crippen LogP contribution is -2.26. The summed E-state index contributed by atoms with van der Waals surface area (Å²) in [7, 11) is 0. The highest BCUT2D eigenvalue weighted by Gasteiger charge is 2.27. The minimum absolute atomic E-state index is 0.00354. The number of para-hydroxylation sites is 1. The molecule has 0 fully saturated rings. The summed E-state index contributed by atoms with van der Waals surface area (Å²) in [5.74, 6) is 0.623. The van der Waals surface area contributed by atoms with Gasteiger partial charge in [0.1, 0.15) is 5.75 Å². The van der Waals surface area contributed by atoms with Crippen LogP contribution < -0.4 is 10.1 Å². The molecule has 1 heterocycles.